The van der Waals surface area contributed by atoms with Crippen LogP contribution in [-0.4, -0.2) is 18.0 Å². The van der Waals surface area contributed by atoms with Gasteiger partial charge in [0, 0.05) is 15.1 Å². The van der Waals surface area contributed by atoms with E-state index in [-0.39, 0.29) is 5.91 Å². The van der Waals surface area contributed by atoms with Gasteiger partial charge in [0.25, 0.3) is 5.91 Å². The van der Waals surface area contributed by atoms with Crippen molar-refractivity contribution >= 4 is 43.6 Å². The van der Waals surface area contributed by atoms with Gasteiger partial charge < -0.3 is 10.1 Å². The van der Waals surface area contributed by atoms with Crippen LogP contribution in [0.4, 0.5) is 5.82 Å². The molecule has 0 fully saturated rings. The van der Waals surface area contributed by atoms with Crippen LogP contribution in [0.5, 0.6) is 5.75 Å². The first kappa shape index (κ1) is 15.0. The SMILES string of the molecule is COc1ccc(Br)c(C(=O)Nc2cc(C)c(Br)cn2)c1. The highest BCUT2D eigenvalue weighted by atomic mass is 79.9. The van der Waals surface area contributed by atoms with E-state index in [9.17, 15) is 4.79 Å². The van der Waals surface area contributed by atoms with Gasteiger partial charge in [-0.05, 0) is 68.6 Å². The molecule has 1 heterocycles. The highest BCUT2D eigenvalue weighted by Crippen LogP contribution is 2.24. The molecule has 0 aliphatic rings. The Bertz CT molecular complexity index is 660. The van der Waals surface area contributed by atoms with Crippen LogP contribution in [0.3, 0.4) is 0 Å². The largest absolute Gasteiger partial charge is 0.497 e. The second-order valence-electron chi connectivity index (χ2n) is 4.12. The molecule has 0 aliphatic heterocycles. The van der Waals surface area contributed by atoms with Crippen molar-refractivity contribution in [2.45, 2.75) is 6.92 Å². The van der Waals surface area contributed by atoms with E-state index < -0.39 is 0 Å². The van der Waals surface area contributed by atoms with Crippen molar-refractivity contribution in [2.24, 2.45) is 0 Å². The van der Waals surface area contributed by atoms with Gasteiger partial charge in [0.2, 0.25) is 0 Å². The standard InChI is InChI=1S/C14H12Br2N2O2/c1-8-5-13(17-7-12(8)16)18-14(19)10-6-9(20-2)3-4-11(10)15/h3-7H,1-2H3,(H,17,18,19). The van der Waals surface area contributed by atoms with E-state index in [2.05, 4.69) is 42.2 Å². The molecular formula is C14H12Br2N2O2. The number of halogens is 2. The molecule has 0 bridgehead atoms. The Labute approximate surface area is 133 Å². The minimum absolute atomic E-state index is 0.245. The van der Waals surface area contributed by atoms with Crippen LogP contribution in [0, 0.1) is 6.92 Å². The average molecular weight is 400 g/mol. The Balaban J connectivity index is 2.25. The summed E-state index contributed by atoms with van der Waals surface area (Å²) in [6.45, 7) is 1.93. The fraction of sp³-hybridized carbons (Fsp3) is 0.143. The molecule has 1 aromatic heterocycles. The fourth-order valence-electron chi connectivity index (χ4n) is 1.60. The number of aromatic nitrogens is 1. The zero-order valence-electron chi connectivity index (χ0n) is 10.9. The lowest BCUT2D eigenvalue weighted by atomic mass is 10.2. The summed E-state index contributed by atoms with van der Waals surface area (Å²) in [7, 11) is 1.56. The number of anilines is 1. The first-order chi connectivity index (χ1) is 9.51. The Kier molecular flexibility index (Phi) is 4.77. The van der Waals surface area contributed by atoms with Crippen molar-refractivity contribution in [3.63, 3.8) is 0 Å². The summed E-state index contributed by atoms with van der Waals surface area (Å²) in [6.07, 6.45) is 1.66. The van der Waals surface area contributed by atoms with Gasteiger partial charge in [-0.1, -0.05) is 0 Å². The summed E-state index contributed by atoms with van der Waals surface area (Å²) in [4.78, 5) is 16.4. The van der Waals surface area contributed by atoms with Gasteiger partial charge in [-0.2, -0.15) is 0 Å². The highest BCUT2D eigenvalue weighted by molar-refractivity contribution is 9.10. The Morgan fingerprint density at radius 3 is 2.65 bits per heavy atom. The molecule has 4 nitrogen and oxygen atoms in total. The molecule has 0 aliphatic carbocycles. The van der Waals surface area contributed by atoms with E-state index in [4.69, 9.17) is 4.74 Å². The molecule has 104 valence electrons. The number of carbonyl (C=O) groups excluding carboxylic acids is 1. The molecule has 0 saturated carbocycles. The van der Waals surface area contributed by atoms with Crippen molar-refractivity contribution in [1.82, 2.24) is 4.98 Å². The van der Waals surface area contributed by atoms with E-state index in [0.29, 0.717) is 21.6 Å². The van der Waals surface area contributed by atoms with Gasteiger partial charge in [0.15, 0.2) is 0 Å². The van der Waals surface area contributed by atoms with Crippen LogP contribution in [0.1, 0.15) is 15.9 Å². The summed E-state index contributed by atoms with van der Waals surface area (Å²) in [5, 5.41) is 2.76. The van der Waals surface area contributed by atoms with Crippen LogP contribution in [-0.2, 0) is 0 Å². The average Bonchev–Trinajstić information content (AvgIpc) is 2.43. The minimum atomic E-state index is -0.245. The van der Waals surface area contributed by atoms with Gasteiger partial charge >= 0.3 is 0 Å². The third-order valence-electron chi connectivity index (χ3n) is 2.71. The van der Waals surface area contributed by atoms with Crippen molar-refractivity contribution in [3.05, 3.63) is 50.5 Å². The quantitative estimate of drug-likeness (QED) is 0.842. The zero-order chi connectivity index (χ0) is 14.7. The lowest BCUT2D eigenvalue weighted by Gasteiger charge is -2.09. The van der Waals surface area contributed by atoms with Crippen molar-refractivity contribution < 1.29 is 9.53 Å². The molecule has 2 rings (SSSR count). The summed E-state index contributed by atoms with van der Waals surface area (Å²) in [5.74, 6) is 0.883. The van der Waals surface area contributed by atoms with Crippen molar-refractivity contribution in [3.8, 4) is 5.75 Å². The number of amides is 1. The van der Waals surface area contributed by atoms with E-state index in [1.807, 2.05) is 6.92 Å². The topological polar surface area (TPSA) is 51.2 Å². The predicted molar refractivity (Wildman–Crippen MR) is 85.3 cm³/mol. The summed E-state index contributed by atoms with van der Waals surface area (Å²) < 4.78 is 6.72. The number of methoxy groups -OCH3 is 1. The Morgan fingerprint density at radius 2 is 2.00 bits per heavy atom. The van der Waals surface area contributed by atoms with Crippen LogP contribution >= 0.6 is 31.9 Å². The number of nitrogens with zero attached hydrogens (tertiary/aromatic N) is 1. The first-order valence-electron chi connectivity index (χ1n) is 5.78. The maximum Gasteiger partial charge on any atom is 0.258 e. The molecule has 1 amide bonds. The third-order valence-corrected chi connectivity index (χ3v) is 4.23. The Hall–Kier alpha value is -1.40. The molecule has 0 atom stereocenters. The van der Waals surface area contributed by atoms with E-state index in [1.165, 1.54) is 0 Å². The number of aryl methyl sites for hydroxylation is 1. The molecule has 20 heavy (non-hydrogen) atoms. The van der Waals surface area contributed by atoms with E-state index >= 15 is 0 Å². The number of rotatable bonds is 3. The van der Waals surface area contributed by atoms with Crippen molar-refractivity contribution in [1.29, 1.82) is 0 Å². The number of nitrogens with one attached hydrogen (secondary N) is 1. The third kappa shape index (κ3) is 3.37. The van der Waals surface area contributed by atoms with Gasteiger partial charge in [-0.3, -0.25) is 4.79 Å². The highest BCUT2D eigenvalue weighted by Gasteiger charge is 2.12. The number of hydrogen-bond donors (Lipinski definition) is 1. The Morgan fingerprint density at radius 1 is 1.25 bits per heavy atom. The maximum atomic E-state index is 12.3. The second-order valence-corrected chi connectivity index (χ2v) is 5.83. The molecule has 1 aromatic carbocycles. The van der Waals surface area contributed by atoms with E-state index in [0.717, 1.165) is 10.0 Å². The predicted octanol–water partition coefficient (Wildman–Crippen LogP) is 4.18. The summed E-state index contributed by atoms with van der Waals surface area (Å²) >= 11 is 6.73. The normalized spacial score (nSPS) is 10.2. The summed E-state index contributed by atoms with van der Waals surface area (Å²) in [6, 6.07) is 7.03. The number of hydrogen-bond acceptors (Lipinski definition) is 3. The molecule has 2 aromatic rings. The number of pyridine rings is 1. The minimum Gasteiger partial charge on any atom is -0.497 e. The maximum absolute atomic E-state index is 12.3. The fourth-order valence-corrected chi connectivity index (χ4v) is 2.24. The van der Waals surface area contributed by atoms with Crippen LogP contribution in [0.2, 0.25) is 0 Å². The van der Waals surface area contributed by atoms with Gasteiger partial charge in [0.05, 0.1) is 12.7 Å². The van der Waals surface area contributed by atoms with Gasteiger partial charge in [0.1, 0.15) is 11.6 Å². The first-order valence-corrected chi connectivity index (χ1v) is 7.37. The zero-order valence-corrected chi connectivity index (χ0v) is 14.1. The molecule has 0 spiro atoms. The molecule has 0 unspecified atom stereocenters. The number of carbonyl (C=O) groups is 1. The van der Waals surface area contributed by atoms with E-state index in [1.54, 1.807) is 37.6 Å². The van der Waals surface area contributed by atoms with Crippen LogP contribution < -0.4 is 10.1 Å². The molecule has 0 radical (unpaired) electrons. The molecular weight excluding hydrogens is 388 g/mol. The number of ether oxygens (including phenoxy) is 1. The smallest absolute Gasteiger partial charge is 0.258 e. The second kappa shape index (κ2) is 6.37. The lowest BCUT2D eigenvalue weighted by molar-refractivity contribution is 0.102. The van der Waals surface area contributed by atoms with Gasteiger partial charge in [-0.25, -0.2) is 4.98 Å². The molecule has 0 saturated heterocycles. The lowest BCUT2D eigenvalue weighted by Crippen LogP contribution is -2.13. The summed E-state index contributed by atoms with van der Waals surface area (Å²) in [5.41, 5.74) is 1.49. The molecule has 6 heteroatoms. The number of benzene rings is 1. The van der Waals surface area contributed by atoms with Crippen LogP contribution in [0.25, 0.3) is 0 Å². The van der Waals surface area contributed by atoms with Gasteiger partial charge in [-0.15, -0.1) is 0 Å². The monoisotopic (exact) mass is 398 g/mol. The van der Waals surface area contributed by atoms with Crippen molar-refractivity contribution in [2.75, 3.05) is 12.4 Å². The van der Waals surface area contributed by atoms with Crippen LogP contribution in [0.15, 0.2) is 39.4 Å². The molecule has 1 N–H and O–H groups in total.